The minimum atomic E-state index is -3.33. The maximum atomic E-state index is 13.5. The number of aryl methyl sites for hydroxylation is 2. The zero-order valence-electron chi connectivity index (χ0n) is 23.8. The number of nitriles is 1. The van der Waals surface area contributed by atoms with Crippen LogP contribution >= 0.6 is 0 Å². The highest BCUT2D eigenvalue weighted by molar-refractivity contribution is 6.03. The average molecular weight is 613 g/mol. The number of methoxy groups -OCH3 is 1. The standard InChI is InChI=1S/C30H28F4N6O4/c1-39-26(17-10-21(43-2)25(22(11-17)44-28(31)32)27(41)37-23-12-30(23,33)34)24-18(13-35)8-16(9-20(24)38-39)19-14-36-40(15-19)7-6-29(42)4-3-5-29/h8-11,14-15,23,28,42H,3-7,12H2,1-2H3,(H,37,41)/t23-/m1/s1. The number of hydrogen-bond acceptors (Lipinski definition) is 7. The molecule has 2 aromatic heterocycles. The molecule has 10 nitrogen and oxygen atoms in total. The van der Waals surface area contributed by atoms with Gasteiger partial charge in [0.25, 0.3) is 11.8 Å². The van der Waals surface area contributed by atoms with Gasteiger partial charge < -0.3 is 19.9 Å². The van der Waals surface area contributed by atoms with Crippen LogP contribution < -0.4 is 14.8 Å². The molecule has 2 aliphatic rings. The van der Waals surface area contributed by atoms with Crippen LogP contribution in [0, 0.1) is 11.3 Å². The van der Waals surface area contributed by atoms with Gasteiger partial charge in [-0.15, -0.1) is 0 Å². The molecule has 44 heavy (non-hydrogen) atoms. The second-order valence-electron chi connectivity index (χ2n) is 11.2. The van der Waals surface area contributed by atoms with Crippen LogP contribution in [0.4, 0.5) is 17.6 Å². The van der Waals surface area contributed by atoms with E-state index in [2.05, 4.69) is 26.3 Å². The summed E-state index contributed by atoms with van der Waals surface area (Å²) in [5.74, 6) is -4.91. The van der Waals surface area contributed by atoms with Gasteiger partial charge >= 0.3 is 6.61 Å². The predicted octanol–water partition coefficient (Wildman–Crippen LogP) is 5.03. The SMILES string of the molecule is COc1cc(-c2c3c(C#N)cc(-c4cnn(CCC5(O)CCC5)c4)cc3nn2C)cc(OC(F)F)c1C(=O)N[C@@H]1CC1(F)F. The van der Waals surface area contributed by atoms with E-state index in [-0.39, 0.29) is 16.9 Å². The molecular formula is C30H28F4N6O4. The smallest absolute Gasteiger partial charge is 0.387 e. The Morgan fingerprint density at radius 3 is 2.55 bits per heavy atom. The van der Waals surface area contributed by atoms with Crippen LogP contribution in [0.2, 0.25) is 0 Å². The van der Waals surface area contributed by atoms with Crippen molar-refractivity contribution < 1.29 is 36.9 Å². The first kappa shape index (κ1) is 29.4. The summed E-state index contributed by atoms with van der Waals surface area (Å²) in [5.41, 5.74) is 1.58. The number of fused-ring (bicyclic) bond motifs is 1. The average Bonchev–Trinajstić information content (AvgIpc) is 3.28. The fourth-order valence-corrected chi connectivity index (χ4v) is 5.61. The lowest BCUT2D eigenvalue weighted by molar-refractivity contribution is -0.0502. The number of alkyl halides is 4. The Balaban J connectivity index is 1.39. The van der Waals surface area contributed by atoms with E-state index >= 15 is 0 Å². The predicted molar refractivity (Wildman–Crippen MR) is 150 cm³/mol. The van der Waals surface area contributed by atoms with E-state index in [1.54, 1.807) is 30.1 Å². The van der Waals surface area contributed by atoms with Crippen LogP contribution in [0.1, 0.15) is 48.0 Å². The number of hydrogen-bond donors (Lipinski definition) is 2. The number of nitrogens with one attached hydrogen (secondary N) is 1. The Hall–Kier alpha value is -4.64. The molecule has 0 bridgehead atoms. The number of nitrogens with zero attached hydrogens (tertiary/aromatic N) is 5. The van der Waals surface area contributed by atoms with Gasteiger partial charge in [0.1, 0.15) is 17.1 Å². The van der Waals surface area contributed by atoms with Gasteiger partial charge in [-0.05, 0) is 55.5 Å². The summed E-state index contributed by atoms with van der Waals surface area (Å²) in [6.07, 6.45) is 6.09. The molecule has 6 rings (SSSR count). The van der Waals surface area contributed by atoms with E-state index in [0.29, 0.717) is 35.1 Å². The van der Waals surface area contributed by atoms with E-state index in [9.17, 15) is 32.7 Å². The molecule has 2 aliphatic carbocycles. The van der Waals surface area contributed by atoms with Gasteiger partial charge in [-0.1, -0.05) is 0 Å². The van der Waals surface area contributed by atoms with Crippen molar-refractivity contribution in [2.24, 2.45) is 7.05 Å². The normalized spacial score (nSPS) is 18.1. The lowest BCUT2D eigenvalue weighted by Gasteiger charge is -2.36. The highest BCUT2D eigenvalue weighted by Crippen LogP contribution is 2.44. The van der Waals surface area contributed by atoms with E-state index in [0.717, 1.165) is 24.8 Å². The van der Waals surface area contributed by atoms with Gasteiger partial charge in [0.15, 0.2) is 0 Å². The molecular weight excluding hydrogens is 584 g/mol. The van der Waals surface area contributed by atoms with Crippen LogP contribution in [0.15, 0.2) is 36.7 Å². The summed E-state index contributed by atoms with van der Waals surface area (Å²) >= 11 is 0. The molecule has 14 heteroatoms. The third-order valence-electron chi connectivity index (χ3n) is 8.25. The number of halogens is 4. The van der Waals surface area contributed by atoms with Crippen LogP contribution in [-0.4, -0.2) is 61.9 Å². The molecule has 0 spiro atoms. The Bertz CT molecular complexity index is 1810. The molecule has 4 aromatic rings. The van der Waals surface area contributed by atoms with Gasteiger partial charge in [0.05, 0.1) is 47.8 Å². The second kappa shape index (κ2) is 10.8. The topological polar surface area (TPSA) is 127 Å². The van der Waals surface area contributed by atoms with Crippen LogP contribution in [0.5, 0.6) is 11.5 Å². The summed E-state index contributed by atoms with van der Waals surface area (Å²) in [5, 5.41) is 32.0. The molecule has 230 valence electrons. The summed E-state index contributed by atoms with van der Waals surface area (Å²) in [4.78, 5) is 12.9. The Labute approximate surface area is 248 Å². The maximum Gasteiger partial charge on any atom is 0.387 e. The van der Waals surface area contributed by atoms with Crippen molar-refractivity contribution >= 4 is 16.8 Å². The second-order valence-corrected chi connectivity index (χ2v) is 11.2. The van der Waals surface area contributed by atoms with Crippen molar-refractivity contribution in [3.8, 4) is 40.0 Å². The zero-order chi connectivity index (χ0) is 31.4. The lowest BCUT2D eigenvalue weighted by Crippen LogP contribution is -2.37. The van der Waals surface area contributed by atoms with E-state index in [4.69, 9.17) is 4.74 Å². The highest BCUT2D eigenvalue weighted by Gasteiger charge is 2.58. The third kappa shape index (κ3) is 5.43. The molecule has 0 aliphatic heterocycles. The van der Waals surface area contributed by atoms with Crippen molar-refractivity contribution in [1.82, 2.24) is 24.9 Å². The Kier molecular flexibility index (Phi) is 7.23. The summed E-state index contributed by atoms with van der Waals surface area (Å²) in [6.45, 7) is -2.79. The minimum Gasteiger partial charge on any atom is -0.496 e. The van der Waals surface area contributed by atoms with E-state index < -0.39 is 47.8 Å². The summed E-state index contributed by atoms with van der Waals surface area (Å²) < 4.78 is 67.0. The minimum absolute atomic E-state index is 0.192. The number of amides is 1. The van der Waals surface area contributed by atoms with Crippen molar-refractivity contribution in [3.05, 3.63) is 47.8 Å². The molecule has 2 saturated carbocycles. The lowest BCUT2D eigenvalue weighted by atomic mass is 9.78. The quantitative estimate of drug-likeness (QED) is 0.241. The first-order chi connectivity index (χ1) is 20.9. The molecule has 2 aromatic carbocycles. The zero-order valence-corrected chi connectivity index (χ0v) is 23.8. The number of aliphatic hydroxyl groups is 1. The van der Waals surface area contributed by atoms with Crippen LogP contribution in [-0.2, 0) is 13.6 Å². The third-order valence-corrected chi connectivity index (χ3v) is 8.25. The molecule has 0 radical (unpaired) electrons. The molecule has 2 fully saturated rings. The van der Waals surface area contributed by atoms with E-state index in [1.165, 1.54) is 23.9 Å². The first-order valence-electron chi connectivity index (χ1n) is 13.9. The van der Waals surface area contributed by atoms with Crippen LogP contribution in [0.25, 0.3) is 33.3 Å². The number of carbonyl (C=O) groups is 1. The number of benzene rings is 2. The Morgan fingerprint density at radius 2 is 1.93 bits per heavy atom. The molecule has 0 unspecified atom stereocenters. The van der Waals surface area contributed by atoms with Gasteiger partial charge in [0.2, 0.25) is 0 Å². The first-order valence-corrected chi connectivity index (χ1v) is 13.9. The number of carbonyl (C=O) groups excluding carboxylic acids is 1. The number of rotatable bonds is 10. The molecule has 2 N–H and O–H groups in total. The summed E-state index contributed by atoms with van der Waals surface area (Å²) in [6, 6.07) is 6.74. The fraction of sp³-hybridized carbons (Fsp3) is 0.400. The molecule has 1 atom stereocenters. The fourth-order valence-electron chi connectivity index (χ4n) is 5.61. The van der Waals surface area contributed by atoms with Gasteiger partial charge in [-0.3, -0.25) is 14.2 Å². The highest BCUT2D eigenvalue weighted by atomic mass is 19.3. The maximum absolute atomic E-state index is 13.5. The van der Waals surface area contributed by atoms with Crippen molar-refractivity contribution in [1.29, 1.82) is 5.26 Å². The van der Waals surface area contributed by atoms with Gasteiger partial charge in [0, 0.05) is 42.7 Å². The van der Waals surface area contributed by atoms with Gasteiger partial charge in [-0.25, -0.2) is 8.78 Å². The molecule has 1 amide bonds. The molecule has 0 saturated heterocycles. The largest absolute Gasteiger partial charge is 0.496 e. The van der Waals surface area contributed by atoms with Crippen molar-refractivity contribution in [2.45, 2.75) is 62.8 Å². The van der Waals surface area contributed by atoms with E-state index in [1.807, 2.05) is 6.20 Å². The number of aromatic nitrogens is 4. The van der Waals surface area contributed by atoms with Crippen molar-refractivity contribution in [3.63, 3.8) is 0 Å². The van der Waals surface area contributed by atoms with Crippen molar-refractivity contribution in [2.75, 3.05) is 7.11 Å². The summed E-state index contributed by atoms with van der Waals surface area (Å²) in [7, 11) is 2.81. The Morgan fingerprint density at radius 1 is 1.20 bits per heavy atom. The van der Waals surface area contributed by atoms with Crippen LogP contribution in [0.3, 0.4) is 0 Å². The monoisotopic (exact) mass is 612 g/mol. The van der Waals surface area contributed by atoms with Gasteiger partial charge in [-0.2, -0.15) is 24.2 Å². The molecule has 2 heterocycles. The number of ether oxygens (including phenoxy) is 2.